The number of methoxy groups -OCH3 is 3. The summed E-state index contributed by atoms with van der Waals surface area (Å²) in [6.07, 6.45) is 0.979. The number of carbonyl (C=O) groups excluding carboxylic acids is 1. The van der Waals surface area contributed by atoms with E-state index in [1.54, 1.807) is 12.1 Å². The third-order valence-corrected chi connectivity index (χ3v) is 3.76. The molecule has 8 heteroatoms. The van der Waals surface area contributed by atoms with Gasteiger partial charge in [0.15, 0.2) is 11.5 Å². The molecule has 7 nitrogen and oxygen atoms in total. The van der Waals surface area contributed by atoms with Crippen LogP contribution in [0, 0.1) is 0 Å². The highest BCUT2D eigenvalue weighted by Gasteiger charge is 2.36. The molecule has 130 valence electrons. The highest BCUT2D eigenvalue weighted by Crippen LogP contribution is 2.40. The molecule has 3 N–H and O–H groups in total. The SMILES string of the molecule is COc1cc(NC(=O)C2(N)CCOCC2)cc(OC)c1OC.Cl. The number of anilines is 1. The van der Waals surface area contributed by atoms with Gasteiger partial charge in [0.25, 0.3) is 0 Å². The van der Waals surface area contributed by atoms with Crippen LogP contribution in [0.15, 0.2) is 12.1 Å². The van der Waals surface area contributed by atoms with Crippen LogP contribution in [0.3, 0.4) is 0 Å². The van der Waals surface area contributed by atoms with E-state index in [4.69, 9.17) is 24.7 Å². The van der Waals surface area contributed by atoms with Crippen molar-refractivity contribution in [3.8, 4) is 17.2 Å². The van der Waals surface area contributed by atoms with Crippen LogP contribution in [-0.2, 0) is 9.53 Å². The zero-order valence-corrected chi connectivity index (χ0v) is 14.3. The molecule has 23 heavy (non-hydrogen) atoms. The van der Waals surface area contributed by atoms with Gasteiger partial charge < -0.3 is 30.0 Å². The highest BCUT2D eigenvalue weighted by atomic mass is 35.5. The van der Waals surface area contributed by atoms with Gasteiger partial charge in [0, 0.05) is 31.0 Å². The van der Waals surface area contributed by atoms with E-state index in [-0.39, 0.29) is 18.3 Å². The lowest BCUT2D eigenvalue weighted by atomic mass is 9.90. The summed E-state index contributed by atoms with van der Waals surface area (Å²) in [6, 6.07) is 3.34. The van der Waals surface area contributed by atoms with Crippen molar-refractivity contribution >= 4 is 24.0 Å². The van der Waals surface area contributed by atoms with E-state index in [2.05, 4.69) is 5.32 Å². The predicted molar refractivity (Wildman–Crippen MR) is 88.9 cm³/mol. The van der Waals surface area contributed by atoms with Crippen LogP contribution in [0.25, 0.3) is 0 Å². The summed E-state index contributed by atoms with van der Waals surface area (Å²) in [4.78, 5) is 12.4. The lowest BCUT2D eigenvalue weighted by Crippen LogP contribution is -2.54. The fraction of sp³-hybridized carbons (Fsp3) is 0.533. The summed E-state index contributed by atoms with van der Waals surface area (Å²) in [6.45, 7) is 0.971. The van der Waals surface area contributed by atoms with Crippen LogP contribution < -0.4 is 25.3 Å². The van der Waals surface area contributed by atoms with E-state index in [0.717, 1.165) is 0 Å². The Labute approximate surface area is 141 Å². The second-order valence-corrected chi connectivity index (χ2v) is 5.14. The first-order chi connectivity index (χ1) is 10.5. The van der Waals surface area contributed by atoms with Crippen LogP contribution in [0.5, 0.6) is 17.2 Å². The number of nitrogens with two attached hydrogens (primary N) is 1. The topological polar surface area (TPSA) is 92.0 Å². The average molecular weight is 347 g/mol. The Kier molecular flexibility index (Phi) is 6.93. The van der Waals surface area contributed by atoms with Crippen LogP contribution in [-0.4, -0.2) is 46.0 Å². The second-order valence-electron chi connectivity index (χ2n) is 5.14. The lowest BCUT2D eigenvalue weighted by molar-refractivity contribution is -0.124. The zero-order chi connectivity index (χ0) is 16.2. The number of nitrogens with one attached hydrogen (secondary N) is 1. The molecule has 0 bridgehead atoms. The smallest absolute Gasteiger partial charge is 0.244 e. The van der Waals surface area contributed by atoms with E-state index >= 15 is 0 Å². The molecule has 2 rings (SSSR count). The normalized spacial score (nSPS) is 16.0. The van der Waals surface area contributed by atoms with Crippen LogP contribution >= 0.6 is 12.4 Å². The van der Waals surface area contributed by atoms with Gasteiger partial charge in [-0.3, -0.25) is 4.79 Å². The number of rotatable bonds is 5. The third-order valence-electron chi connectivity index (χ3n) is 3.76. The summed E-state index contributed by atoms with van der Waals surface area (Å²) in [7, 11) is 4.56. The van der Waals surface area contributed by atoms with Gasteiger partial charge in [0.05, 0.1) is 21.3 Å². The first-order valence-corrected chi connectivity index (χ1v) is 7.02. The molecule has 1 aliphatic rings. The zero-order valence-electron chi connectivity index (χ0n) is 13.5. The van der Waals surface area contributed by atoms with Crippen molar-refractivity contribution in [2.45, 2.75) is 18.4 Å². The maximum Gasteiger partial charge on any atom is 0.244 e. The fourth-order valence-electron chi connectivity index (χ4n) is 2.37. The van der Waals surface area contributed by atoms with Gasteiger partial charge in [-0.2, -0.15) is 0 Å². The van der Waals surface area contributed by atoms with Crippen LogP contribution in [0.1, 0.15) is 12.8 Å². The van der Waals surface area contributed by atoms with Crippen molar-refractivity contribution in [2.75, 3.05) is 39.9 Å². The quantitative estimate of drug-likeness (QED) is 0.841. The molecule has 0 radical (unpaired) electrons. The Morgan fingerprint density at radius 3 is 2.09 bits per heavy atom. The number of halogens is 1. The van der Waals surface area contributed by atoms with Gasteiger partial charge in [0.1, 0.15) is 5.54 Å². The van der Waals surface area contributed by atoms with Gasteiger partial charge in [-0.1, -0.05) is 0 Å². The van der Waals surface area contributed by atoms with Crippen molar-refractivity contribution in [3.63, 3.8) is 0 Å². The van der Waals surface area contributed by atoms with E-state index in [0.29, 0.717) is 49.0 Å². The van der Waals surface area contributed by atoms with Crippen molar-refractivity contribution in [1.82, 2.24) is 0 Å². The van der Waals surface area contributed by atoms with Gasteiger partial charge in [0.2, 0.25) is 11.7 Å². The summed E-state index contributed by atoms with van der Waals surface area (Å²) < 4.78 is 21.0. The van der Waals surface area contributed by atoms with E-state index in [9.17, 15) is 4.79 Å². The minimum atomic E-state index is -0.918. The molecule has 1 amide bonds. The summed E-state index contributed by atoms with van der Waals surface area (Å²) in [5, 5.41) is 2.82. The standard InChI is InChI=1S/C15H22N2O5.ClH/c1-19-11-8-10(9-12(20-2)13(11)21-3)17-14(18)15(16)4-6-22-7-5-15;/h8-9H,4-7,16H2,1-3H3,(H,17,18);1H. The minimum absolute atomic E-state index is 0. The van der Waals surface area contributed by atoms with Gasteiger partial charge >= 0.3 is 0 Å². The molecule has 1 aliphatic heterocycles. The Bertz CT molecular complexity index is 522. The average Bonchev–Trinajstić information content (AvgIpc) is 2.54. The monoisotopic (exact) mass is 346 g/mol. The van der Waals surface area contributed by atoms with E-state index in [1.807, 2.05) is 0 Å². The summed E-state index contributed by atoms with van der Waals surface area (Å²) in [5.41, 5.74) is 5.79. The molecule has 0 unspecified atom stereocenters. The number of amides is 1. The Hall–Kier alpha value is -1.70. The molecule has 0 saturated carbocycles. The third kappa shape index (κ3) is 4.19. The van der Waals surface area contributed by atoms with E-state index in [1.165, 1.54) is 21.3 Å². The van der Waals surface area contributed by atoms with Crippen molar-refractivity contribution in [3.05, 3.63) is 12.1 Å². The van der Waals surface area contributed by atoms with Crippen LogP contribution in [0.4, 0.5) is 5.69 Å². The molecule has 0 aliphatic carbocycles. The van der Waals surface area contributed by atoms with Gasteiger partial charge in [-0.25, -0.2) is 0 Å². The van der Waals surface area contributed by atoms with Gasteiger partial charge in [-0.05, 0) is 12.8 Å². The summed E-state index contributed by atoms with van der Waals surface area (Å²) in [5.74, 6) is 1.16. The number of ether oxygens (including phenoxy) is 4. The molecule has 1 aromatic carbocycles. The Morgan fingerprint density at radius 1 is 1.13 bits per heavy atom. The first kappa shape index (κ1) is 19.3. The first-order valence-electron chi connectivity index (χ1n) is 7.02. The molecule has 1 fully saturated rings. The predicted octanol–water partition coefficient (Wildman–Crippen LogP) is 1.58. The van der Waals surface area contributed by atoms with E-state index < -0.39 is 5.54 Å². The van der Waals surface area contributed by atoms with Crippen LogP contribution in [0.2, 0.25) is 0 Å². The number of benzene rings is 1. The molecular formula is C15H23ClN2O5. The number of carbonyl (C=O) groups is 1. The van der Waals surface area contributed by atoms with Gasteiger partial charge in [-0.15, -0.1) is 12.4 Å². The fourth-order valence-corrected chi connectivity index (χ4v) is 2.37. The molecule has 0 spiro atoms. The Balaban J connectivity index is 0.00000264. The minimum Gasteiger partial charge on any atom is -0.493 e. The summed E-state index contributed by atoms with van der Waals surface area (Å²) >= 11 is 0. The van der Waals surface area contributed by atoms with Crippen molar-refractivity contribution in [2.24, 2.45) is 5.73 Å². The molecular weight excluding hydrogens is 324 g/mol. The lowest BCUT2D eigenvalue weighted by Gasteiger charge is -2.31. The molecule has 0 aromatic heterocycles. The molecule has 1 heterocycles. The second kappa shape index (κ2) is 8.24. The largest absolute Gasteiger partial charge is 0.493 e. The van der Waals surface area contributed by atoms with Crippen molar-refractivity contribution in [1.29, 1.82) is 0 Å². The maximum atomic E-state index is 12.4. The Morgan fingerprint density at radius 2 is 1.65 bits per heavy atom. The highest BCUT2D eigenvalue weighted by molar-refractivity contribution is 5.98. The number of hydrogen-bond donors (Lipinski definition) is 2. The maximum absolute atomic E-state index is 12.4. The molecule has 0 atom stereocenters. The molecule has 1 aromatic rings. The van der Waals surface area contributed by atoms with Crippen molar-refractivity contribution < 1.29 is 23.7 Å². The molecule has 1 saturated heterocycles. The number of hydrogen-bond acceptors (Lipinski definition) is 6.